The fourth-order valence-electron chi connectivity index (χ4n) is 0.947. The molecule has 0 unspecified atom stereocenters. The molecule has 0 atom stereocenters. The number of carbonyl (C=O) groups excluding carboxylic acids is 1. The van der Waals surface area contributed by atoms with E-state index in [1.165, 1.54) is 0 Å². The Balaban J connectivity index is 2.88. The number of rotatable bonds is 3. The van der Waals surface area contributed by atoms with Crippen LogP contribution in [0.1, 0.15) is 12.0 Å². The number of benzene rings is 1. The molecule has 0 saturated heterocycles. The third kappa shape index (κ3) is 2.23. The van der Waals surface area contributed by atoms with Crippen molar-refractivity contribution in [3.8, 4) is 0 Å². The quantitative estimate of drug-likeness (QED) is 0.736. The van der Waals surface area contributed by atoms with Crippen LogP contribution in [0.25, 0.3) is 0 Å². The second-order valence-electron chi connectivity index (χ2n) is 2.34. The first-order valence-corrected chi connectivity index (χ1v) is 4.29. The Labute approximate surface area is 81.3 Å². The van der Waals surface area contributed by atoms with Gasteiger partial charge in [0, 0.05) is 16.5 Å². The number of halogens is 2. The van der Waals surface area contributed by atoms with E-state index < -0.39 is 0 Å². The van der Waals surface area contributed by atoms with Gasteiger partial charge in [0.15, 0.2) is 6.29 Å². The molecule has 12 heavy (non-hydrogen) atoms. The second kappa shape index (κ2) is 4.48. The molecule has 1 aromatic carbocycles. The molecule has 0 aliphatic carbocycles. The van der Waals surface area contributed by atoms with Crippen molar-refractivity contribution in [2.75, 3.05) is 0 Å². The first-order valence-electron chi connectivity index (χ1n) is 3.53. The minimum atomic E-state index is 0.337. The Morgan fingerprint density at radius 2 is 1.83 bits per heavy atom. The first-order chi connectivity index (χ1) is 5.75. The monoisotopic (exact) mass is 201 g/mol. The highest BCUT2D eigenvalue weighted by Crippen LogP contribution is 2.24. The molecular weight excluding hydrogens is 195 g/mol. The van der Waals surface area contributed by atoms with E-state index >= 15 is 0 Å². The van der Waals surface area contributed by atoms with Gasteiger partial charge < -0.3 is 0 Å². The molecule has 3 heteroatoms. The second-order valence-corrected chi connectivity index (χ2v) is 3.16. The average Bonchev–Trinajstić information content (AvgIpc) is 2.04. The minimum Gasteiger partial charge on any atom is -0.291 e. The minimum absolute atomic E-state index is 0.337. The maximum absolute atomic E-state index is 9.99. The van der Waals surface area contributed by atoms with Gasteiger partial charge in [-0.25, -0.2) is 0 Å². The molecule has 63 valence electrons. The molecule has 0 amide bonds. The van der Waals surface area contributed by atoms with Gasteiger partial charge in [-0.2, -0.15) is 0 Å². The molecule has 1 rings (SSSR count). The van der Waals surface area contributed by atoms with Gasteiger partial charge in [-0.3, -0.25) is 4.79 Å². The Bertz CT molecular complexity index is 264. The third-order valence-electron chi connectivity index (χ3n) is 1.54. The van der Waals surface area contributed by atoms with Crippen molar-refractivity contribution in [2.24, 2.45) is 0 Å². The van der Waals surface area contributed by atoms with Crippen LogP contribution in [0, 0.1) is 0 Å². The molecule has 1 radical (unpaired) electrons. The van der Waals surface area contributed by atoms with Gasteiger partial charge >= 0.3 is 0 Å². The van der Waals surface area contributed by atoms with Crippen LogP contribution in [0.3, 0.4) is 0 Å². The highest BCUT2D eigenvalue weighted by atomic mass is 35.5. The number of hydrogen-bond acceptors (Lipinski definition) is 1. The molecule has 0 spiro atoms. The van der Waals surface area contributed by atoms with Crippen LogP contribution in [-0.4, -0.2) is 6.29 Å². The van der Waals surface area contributed by atoms with Crippen molar-refractivity contribution in [3.05, 3.63) is 33.8 Å². The SMILES string of the molecule is O=[C]CCc1c(Cl)cccc1Cl. The molecule has 0 aliphatic heterocycles. The molecule has 0 aromatic heterocycles. The Kier molecular flexibility index (Phi) is 3.57. The Hall–Kier alpha value is -0.530. The zero-order chi connectivity index (χ0) is 8.97. The molecular formula is C9H7Cl2O. The summed E-state index contributed by atoms with van der Waals surface area (Å²) in [6, 6.07) is 5.29. The van der Waals surface area contributed by atoms with Gasteiger partial charge in [-0.05, 0) is 24.1 Å². The first kappa shape index (κ1) is 9.56. The van der Waals surface area contributed by atoms with Gasteiger partial charge in [-0.15, -0.1) is 0 Å². The summed E-state index contributed by atoms with van der Waals surface area (Å²) in [7, 11) is 0. The van der Waals surface area contributed by atoms with Crippen molar-refractivity contribution < 1.29 is 4.79 Å². The lowest BCUT2D eigenvalue weighted by Crippen LogP contribution is -1.88. The largest absolute Gasteiger partial charge is 0.291 e. The van der Waals surface area contributed by atoms with Crippen LogP contribution in [0.15, 0.2) is 18.2 Å². The zero-order valence-corrected chi connectivity index (χ0v) is 7.82. The molecule has 0 heterocycles. The molecule has 0 fully saturated rings. The van der Waals surface area contributed by atoms with Gasteiger partial charge in [0.2, 0.25) is 0 Å². The smallest absolute Gasteiger partial charge is 0.198 e. The van der Waals surface area contributed by atoms with Gasteiger partial charge in [0.25, 0.3) is 0 Å². The molecule has 1 aromatic rings. The Morgan fingerprint density at radius 1 is 1.25 bits per heavy atom. The van der Waals surface area contributed by atoms with E-state index in [1.54, 1.807) is 24.5 Å². The van der Waals surface area contributed by atoms with Crippen LogP contribution < -0.4 is 0 Å². The van der Waals surface area contributed by atoms with Crippen molar-refractivity contribution in [1.82, 2.24) is 0 Å². The predicted molar refractivity (Wildman–Crippen MR) is 50.5 cm³/mol. The fraction of sp³-hybridized carbons (Fsp3) is 0.222. The summed E-state index contributed by atoms with van der Waals surface area (Å²) in [6.07, 6.45) is 2.70. The summed E-state index contributed by atoms with van der Waals surface area (Å²) in [4.78, 5) is 9.99. The van der Waals surface area contributed by atoms with Crippen LogP contribution in [0.4, 0.5) is 0 Å². The third-order valence-corrected chi connectivity index (χ3v) is 2.25. The van der Waals surface area contributed by atoms with Gasteiger partial charge in [-0.1, -0.05) is 29.3 Å². The summed E-state index contributed by atoms with van der Waals surface area (Å²) in [5.74, 6) is 0. The van der Waals surface area contributed by atoms with E-state index in [4.69, 9.17) is 23.2 Å². The molecule has 0 aliphatic rings. The average molecular weight is 202 g/mol. The van der Waals surface area contributed by atoms with Crippen LogP contribution in [0.5, 0.6) is 0 Å². The van der Waals surface area contributed by atoms with E-state index in [2.05, 4.69) is 0 Å². The van der Waals surface area contributed by atoms with Crippen molar-refractivity contribution >= 4 is 29.5 Å². The van der Waals surface area contributed by atoms with Crippen molar-refractivity contribution in [2.45, 2.75) is 12.8 Å². The number of hydrogen-bond donors (Lipinski definition) is 0. The highest BCUT2D eigenvalue weighted by Gasteiger charge is 2.03. The maximum atomic E-state index is 9.99. The van der Waals surface area contributed by atoms with Crippen molar-refractivity contribution in [3.63, 3.8) is 0 Å². The van der Waals surface area contributed by atoms with Crippen molar-refractivity contribution in [1.29, 1.82) is 0 Å². The normalized spacial score (nSPS) is 9.83. The van der Waals surface area contributed by atoms with Crippen LogP contribution in [-0.2, 0) is 11.2 Å². The van der Waals surface area contributed by atoms with E-state index in [0.717, 1.165) is 5.56 Å². The topological polar surface area (TPSA) is 17.1 Å². The standard InChI is InChI=1S/C9H7Cl2O/c10-8-4-1-5-9(11)7(8)3-2-6-12/h1,4-5H,2-3H2. The van der Waals surface area contributed by atoms with E-state index in [0.29, 0.717) is 22.9 Å². The molecule has 0 saturated carbocycles. The molecule has 0 bridgehead atoms. The van der Waals surface area contributed by atoms with E-state index in [9.17, 15) is 4.79 Å². The summed E-state index contributed by atoms with van der Waals surface area (Å²) >= 11 is 11.7. The van der Waals surface area contributed by atoms with E-state index in [1.807, 2.05) is 0 Å². The summed E-state index contributed by atoms with van der Waals surface area (Å²) in [5, 5.41) is 1.22. The predicted octanol–water partition coefficient (Wildman–Crippen LogP) is 3.04. The lowest BCUT2D eigenvalue weighted by Gasteiger charge is -2.02. The van der Waals surface area contributed by atoms with Gasteiger partial charge in [0.1, 0.15) is 0 Å². The lowest BCUT2D eigenvalue weighted by molar-refractivity contribution is 0.551. The summed E-state index contributed by atoms with van der Waals surface area (Å²) < 4.78 is 0. The summed E-state index contributed by atoms with van der Waals surface area (Å²) in [6.45, 7) is 0. The van der Waals surface area contributed by atoms with Crippen LogP contribution >= 0.6 is 23.2 Å². The Morgan fingerprint density at radius 3 is 2.33 bits per heavy atom. The lowest BCUT2D eigenvalue weighted by atomic mass is 10.1. The molecule has 1 nitrogen and oxygen atoms in total. The van der Waals surface area contributed by atoms with Crippen LogP contribution in [0.2, 0.25) is 10.0 Å². The van der Waals surface area contributed by atoms with E-state index in [-0.39, 0.29) is 0 Å². The zero-order valence-electron chi connectivity index (χ0n) is 6.31. The summed E-state index contributed by atoms with van der Waals surface area (Å²) in [5.41, 5.74) is 0.823. The van der Waals surface area contributed by atoms with Gasteiger partial charge in [0.05, 0.1) is 0 Å². The highest BCUT2D eigenvalue weighted by molar-refractivity contribution is 6.35. The molecule has 0 N–H and O–H groups in total. The maximum Gasteiger partial charge on any atom is 0.198 e. The fourth-order valence-corrected chi connectivity index (χ4v) is 1.53.